The number of hydrogen-bond donors (Lipinski definition) is 0. The highest BCUT2D eigenvalue weighted by Crippen LogP contribution is 2.17. The summed E-state index contributed by atoms with van der Waals surface area (Å²) in [5.41, 5.74) is 3.94. The van der Waals surface area contributed by atoms with Crippen LogP contribution in [0.25, 0.3) is 11.0 Å². The van der Waals surface area contributed by atoms with Gasteiger partial charge < -0.3 is 0 Å². The monoisotopic (exact) mass is 238 g/mol. The van der Waals surface area contributed by atoms with Crippen molar-refractivity contribution in [3.05, 3.63) is 23.3 Å². The zero-order valence-corrected chi connectivity index (χ0v) is 12.5. The van der Waals surface area contributed by atoms with Gasteiger partial charge in [0.1, 0.15) is 11.0 Å². The quantitative estimate of drug-likeness (QED) is 0.654. The summed E-state index contributed by atoms with van der Waals surface area (Å²) in [7, 11) is 0. The Morgan fingerprint density at radius 2 is 1.00 bits per heavy atom. The Bertz CT molecular complexity index is 358. The van der Waals surface area contributed by atoms with Crippen LogP contribution in [0.15, 0.2) is 16.8 Å². The fourth-order valence-corrected chi connectivity index (χ4v) is 1.11. The van der Waals surface area contributed by atoms with Crippen LogP contribution in [0, 0.1) is 13.8 Å². The molecule has 98 valence electrons. The van der Waals surface area contributed by atoms with Gasteiger partial charge in [-0.1, -0.05) is 53.7 Å². The molecule has 2 aromatic rings. The van der Waals surface area contributed by atoms with Crippen molar-refractivity contribution in [2.24, 2.45) is 0 Å². The summed E-state index contributed by atoms with van der Waals surface area (Å²) >= 11 is 0. The minimum Gasteiger partial charge on any atom is -0.243 e. The Morgan fingerprint density at radius 3 is 1.29 bits per heavy atom. The first kappa shape index (κ1) is 18.0. The van der Waals surface area contributed by atoms with Gasteiger partial charge in [0, 0.05) is 0 Å². The van der Waals surface area contributed by atoms with E-state index in [1.165, 1.54) is 0 Å². The van der Waals surface area contributed by atoms with E-state index in [2.05, 4.69) is 14.9 Å². The molecule has 1 aromatic heterocycles. The molecule has 2 rings (SSSR count). The van der Waals surface area contributed by atoms with Gasteiger partial charge in [0.05, 0.1) is 0 Å². The zero-order valence-electron chi connectivity index (χ0n) is 12.5. The third-order valence-electron chi connectivity index (χ3n) is 1.82. The number of rotatable bonds is 0. The van der Waals surface area contributed by atoms with Crippen molar-refractivity contribution in [1.82, 2.24) is 10.3 Å². The van der Waals surface area contributed by atoms with Gasteiger partial charge in [-0.25, -0.2) is 4.63 Å². The van der Waals surface area contributed by atoms with E-state index >= 15 is 0 Å². The zero-order chi connectivity index (χ0) is 13.8. The van der Waals surface area contributed by atoms with Gasteiger partial charge in [-0.15, -0.1) is 0 Å². The average Bonchev–Trinajstić information content (AvgIpc) is 2.92. The van der Waals surface area contributed by atoms with Crippen molar-refractivity contribution in [1.29, 1.82) is 0 Å². The van der Waals surface area contributed by atoms with Crippen molar-refractivity contribution < 1.29 is 4.63 Å². The Hall–Kier alpha value is -1.38. The Labute approximate surface area is 105 Å². The summed E-state index contributed by atoms with van der Waals surface area (Å²) in [6.07, 6.45) is 0. The van der Waals surface area contributed by atoms with Crippen LogP contribution < -0.4 is 0 Å². The van der Waals surface area contributed by atoms with Gasteiger partial charge in [-0.05, 0) is 35.3 Å². The molecule has 0 radical (unpaired) electrons. The Kier molecular flexibility index (Phi) is 11.8. The molecule has 0 saturated carbocycles. The molecular weight excluding hydrogens is 212 g/mol. The highest BCUT2D eigenvalue weighted by molar-refractivity contribution is 5.79. The van der Waals surface area contributed by atoms with Crippen LogP contribution in [0.1, 0.15) is 52.7 Å². The predicted molar refractivity (Wildman–Crippen MR) is 75.3 cm³/mol. The van der Waals surface area contributed by atoms with Crippen LogP contribution in [0.4, 0.5) is 0 Å². The maximum Gasteiger partial charge on any atom is 0.138 e. The van der Waals surface area contributed by atoms with Crippen LogP contribution in [0.5, 0.6) is 0 Å². The molecule has 0 aliphatic rings. The van der Waals surface area contributed by atoms with E-state index in [0.29, 0.717) is 0 Å². The lowest BCUT2D eigenvalue weighted by molar-refractivity contribution is 0.315. The molecule has 0 N–H and O–H groups in total. The molecule has 0 fully saturated rings. The Balaban J connectivity index is 0. The molecule has 0 spiro atoms. The largest absolute Gasteiger partial charge is 0.243 e. The first-order valence-corrected chi connectivity index (χ1v) is 6.47. The maximum absolute atomic E-state index is 4.63. The fraction of sp³-hybridized carbons (Fsp3) is 0.571. The van der Waals surface area contributed by atoms with Crippen molar-refractivity contribution in [3.8, 4) is 0 Å². The van der Waals surface area contributed by atoms with Gasteiger partial charge >= 0.3 is 0 Å². The lowest BCUT2D eigenvalue weighted by atomic mass is 10.1. The van der Waals surface area contributed by atoms with Crippen LogP contribution >= 0.6 is 0 Å². The van der Waals surface area contributed by atoms with Gasteiger partial charge in [0.2, 0.25) is 0 Å². The Morgan fingerprint density at radius 1 is 0.706 bits per heavy atom. The topological polar surface area (TPSA) is 38.9 Å². The molecule has 1 aromatic carbocycles. The molecule has 17 heavy (non-hydrogen) atoms. The van der Waals surface area contributed by atoms with E-state index < -0.39 is 0 Å². The highest BCUT2D eigenvalue weighted by atomic mass is 16.6. The summed E-state index contributed by atoms with van der Waals surface area (Å²) in [5.74, 6) is 0. The molecular formula is C14H26N2O. The SMILES string of the molecule is CC.CC.CC.Cc1ccc(C)c2nonc12. The number of benzene rings is 1. The summed E-state index contributed by atoms with van der Waals surface area (Å²) in [4.78, 5) is 0. The lowest BCUT2D eigenvalue weighted by Gasteiger charge is -1.93. The number of aryl methyl sites for hydroxylation is 2. The van der Waals surface area contributed by atoms with Crippen molar-refractivity contribution in [2.45, 2.75) is 55.4 Å². The molecule has 0 saturated heterocycles. The normalized spacial score (nSPS) is 8.00. The molecule has 3 heteroatoms. The summed E-state index contributed by atoms with van der Waals surface area (Å²) < 4.78 is 4.63. The molecule has 0 aliphatic heterocycles. The van der Waals surface area contributed by atoms with Crippen LogP contribution in [0.3, 0.4) is 0 Å². The molecule has 0 unspecified atom stereocenters. The third kappa shape index (κ3) is 4.98. The summed E-state index contributed by atoms with van der Waals surface area (Å²) in [5, 5.41) is 7.59. The van der Waals surface area contributed by atoms with E-state index in [0.717, 1.165) is 22.2 Å². The first-order valence-electron chi connectivity index (χ1n) is 6.47. The first-order chi connectivity index (χ1) is 8.29. The highest BCUT2D eigenvalue weighted by Gasteiger charge is 2.04. The molecule has 0 amide bonds. The molecule has 0 bridgehead atoms. The van der Waals surface area contributed by atoms with Crippen molar-refractivity contribution >= 4 is 11.0 Å². The van der Waals surface area contributed by atoms with E-state index in [9.17, 15) is 0 Å². The number of hydrogen-bond acceptors (Lipinski definition) is 3. The molecule has 0 aliphatic carbocycles. The van der Waals surface area contributed by atoms with E-state index in [-0.39, 0.29) is 0 Å². The minimum atomic E-state index is 0.866. The van der Waals surface area contributed by atoms with E-state index in [1.807, 2.05) is 67.5 Å². The van der Waals surface area contributed by atoms with Crippen LogP contribution in [0.2, 0.25) is 0 Å². The summed E-state index contributed by atoms with van der Waals surface area (Å²) in [6.45, 7) is 16.0. The maximum atomic E-state index is 4.63. The van der Waals surface area contributed by atoms with Crippen LogP contribution in [-0.4, -0.2) is 10.3 Å². The second kappa shape index (κ2) is 11.1. The number of fused-ring (bicyclic) bond motifs is 1. The standard InChI is InChI=1S/C8H8N2O.3C2H6/c1-5-3-4-6(2)8-7(5)9-11-10-8;3*1-2/h3-4H,1-2H3;3*1-2H3. The average molecular weight is 238 g/mol. The van der Waals surface area contributed by atoms with Gasteiger partial charge in [-0.3, -0.25) is 0 Å². The van der Waals surface area contributed by atoms with E-state index in [4.69, 9.17) is 0 Å². The van der Waals surface area contributed by atoms with Crippen molar-refractivity contribution in [3.63, 3.8) is 0 Å². The molecule has 1 heterocycles. The predicted octanol–water partition coefficient (Wildman–Crippen LogP) is 4.92. The van der Waals surface area contributed by atoms with E-state index in [1.54, 1.807) is 0 Å². The molecule has 0 atom stereocenters. The van der Waals surface area contributed by atoms with Gasteiger partial charge in [0.25, 0.3) is 0 Å². The van der Waals surface area contributed by atoms with Gasteiger partial charge in [-0.2, -0.15) is 0 Å². The fourth-order valence-electron chi connectivity index (χ4n) is 1.11. The summed E-state index contributed by atoms with van der Waals surface area (Å²) in [6, 6.07) is 4.03. The molecule has 3 nitrogen and oxygen atoms in total. The third-order valence-corrected chi connectivity index (χ3v) is 1.82. The second-order valence-corrected chi connectivity index (χ2v) is 2.66. The lowest BCUT2D eigenvalue weighted by Crippen LogP contribution is -1.79. The van der Waals surface area contributed by atoms with Crippen molar-refractivity contribution in [2.75, 3.05) is 0 Å². The smallest absolute Gasteiger partial charge is 0.138 e. The second-order valence-electron chi connectivity index (χ2n) is 2.66. The minimum absolute atomic E-state index is 0.866. The van der Waals surface area contributed by atoms with Gasteiger partial charge in [0.15, 0.2) is 0 Å². The number of aromatic nitrogens is 2. The van der Waals surface area contributed by atoms with Crippen LogP contribution in [-0.2, 0) is 0 Å². The number of nitrogens with zero attached hydrogens (tertiary/aromatic N) is 2.